The van der Waals surface area contributed by atoms with E-state index in [0.717, 1.165) is 6.54 Å². The molecule has 3 rings (SSSR count). The predicted octanol–water partition coefficient (Wildman–Crippen LogP) is 2.52. The van der Waals surface area contributed by atoms with E-state index in [1.807, 2.05) is 25.9 Å². The highest BCUT2D eigenvalue weighted by Crippen LogP contribution is 2.31. The summed E-state index contributed by atoms with van der Waals surface area (Å²) in [5.74, 6) is 0.0542. The number of aliphatic hydroxyl groups excluding tert-OH is 1. The van der Waals surface area contributed by atoms with Crippen LogP contribution < -0.4 is 14.8 Å². The molecule has 0 fully saturated rings. The number of hydrogen-bond donors (Lipinski definition) is 2. The van der Waals surface area contributed by atoms with Crippen LogP contribution in [0.25, 0.3) is 0 Å². The number of nitrogens with zero attached hydrogens (tertiary/aromatic N) is 3. The lowest BCUT2D eigenvalue weighted by Crippen LogP contribution is -2.50. The average molecular weight is 591 g/mol. The van der Waals surface area contributed by atoms with Crippen molar-refractivity contribution in [2.45, 2.75) is 43.7 Å². The molecule has 1 aliphatic heterocycles. The first-order valence-electron chi connectivity index (χ1n) is 13.6. The fourth-order valence-corrected chi connectivity index (χ4v) is 5.76. The minimum atomic E-state index is -3.84. The van der Waals surface area contributed by atoms with Gasteiger partial charge in [-0.3, -0.25) is 9.59 Å². The maximum absolute atomic E-state index is 13.6. The molecule has 0 bridgehead atoms. The molecular formula is C29H42N4O7S. The summed E-state index contributed by atoms with van der Waals surface area (Å²) in [5, 5.41) is 12.7. The number of likely N-dealkylation sites (N-methyl/N-ethyl adjacent to an activating group) is 1. The van der Waals surface area contributed by atoms with Crippen molar-refractivity contribution in [3.05, 3.63) is 48.0 Å². The van der Waals surface area contributed by atoms with Crippen molar-refractivity contribution >= 4 is 27.5 Å². The van der Waals surface area contributed by atoms with Gasteiger partial charge >= 0.3 is 0 Å². The maximum Gasteiger partial charge on any atom is 0.258 e. The van der Waals surface area contributed by atoms with E-state index in [-0.39, 0.29) is 53.6 Å². The van der Waals surface area contributed by atoms with Gasteiger partial charge in [-0.1, -0.05) is 6.92 Å². The maximum atomic E-state index is 13.6. The number of anilines is 1. The van der Waals surface area contributed by atoms with E-state index in [2.05, 4.69) is 5.32 Å². The van der Waals surface area contributed by atoms with Crippen molar-refractivity contribution in [2.75, 3.05) is 59.8 Å². The standard InChI is InChI=1S/C29H42N4O7S/c1-20-17-33(21(2)19-34)29(36)25-16-22(30-28(35)8-7-15-31(3)4)9-14-26(25)40-27(20)18-32(5)41(37,38)24-12-10-23(39-6)11-13-24/h9-14,16,20-21,27,34H,7-8,15,17-19H2,1-6H3,(H,30,35)/t20-,21+,27-/m1/s1. The molecule has 1 heterocycles. The number of aliphatic hydroxyl groups is 1. The monoisotopic (exact) mass is 590 g/mol. The first-order chi connectivity index (χ1) is 19.4. The predicted molar refractivity (Wildman–Crippen MR) is 157 cm³/mol. The number of carbonyl (C=O) groups is 2. The fraction of sp³-hybridized carbons (Fsp3) is 0.517. The minimum Gasteiger partial charge on any atom is -0.497 e. The number of hydrogen-bond acceptors (Lipinski definition) is 8. The topological polar surface area (TPSA) is 129 Å². The summed E-state index contributed by atoms with van der Waals surface area (Å²) in [6.07, 6.45) is 0.419. The van der Waals surface area contributed by atoms with E-state index >= 15 is 0 Å². The summed E-state index contributed by atoms with van der Waals surface area (Å²) in [4.78, 5) is 29.8. The number of fused-ring (bicyclic) bond motifs is 1. The number of amides is 2. The van der Waals surface area contributed by atoms with E-state index in [1.165, 1.54) is 30.6 Å². The molecule has 41 heavy (non-hydrogen) atoms. The molecule has 0 aliphatic carbocycles. The Balaban J connectivity index is 1.88. The largest absolute Gasteiger partial charge is 0.497 e. The lowest BCUT2D eigenvalue weighted by molar-refractivity contribution is -0.116. The Hall–Kier alpha value is -3.19. The molecule has 2 N–H and O–H groups in total. The Labute approximate surface area is 243 Å². The Morgan fingerprint density at radius 1 is 1.20 bits per heavy atom. The van der Waals surface area contributed by atoms with Gasteiger partial charge < -0.3 is 29.7 Å². The zero-order valence-electron chi connectivity index (χ0n) is 24.7. The third-order valence-corrected chi connectivity index (χ3v) is 9.00. The van der Waals surface area contributed by atoms with Crippen molar-refractivity contribution < 1.29 is 32.6 Å². The van der Waals surface area contributed by atoms with E-state index < -0.39 is 22.2 Å². The number of sulfonamides is 1. The van der Waals surface area contributed by atoms with Crippen LogP contribution in [0.5, 0.6) is 11.5 Å². The van der Waals surface area contributed by atoms with E-state index in [9.17, 15) is 23.1 Å². The molecule has 3 atom stereocenters. The highest BCUT2D eigenvalue weighted by molar-refractivity contribution is 7.89. The summed E-state index contributed by atoms with van der Waals surface area (Å²) in [6.45, 7) is 4.43. The Kier molecular flexibility index (Phi) is 11.1. The molecular weight excluding hydrogens is 548 g/mol. The van der Waals surface area contributed by atoms with Crippen molar-refractivity contribution in [2.24, 2.45) is 5.92 Å². The van der Waals surface area contributed by atoms with E-state index in [0.29, 0.717) is 24.3 Å². The molecule has 0 spiro atoms. The zero-order chi connectivity index (χ0) is 30.3. The molecule has 1 aliphatic rings. The Morgan fingerprint density at radius 3 is 2.49 bits per heavy atom. The lowest BCUT2D eigenvalue weighted by atomic mass is 9.99. The van der Waals surface area contributed by atoms with Crippen LogP contribution in [-0.4, -0.2) is 106 Å². The SMILES string of the molecule is COc1ccc(S(=O)(=O)N(C)C[C@H]2Oc3ccc(NC(=O)CCCN(C)C)cc3C(=O)N([C@@H](C)CO)C[C@H]2C)cc1. The smallest absolute Gasteiger partial charge is 0.258 e. The Bertz CT molecular complexity index is 1300. The third kappa shape index (κ3) is 8.19. The number of benzene rings is 2. The molecule has 2 aromatic carbocycles. The van der Waals surface area contributed by atoms with Crippen LogP contribution in [0.2, 0.25) is 0 Å². The number of rotatable bonds is 12. The summed E-state index contributed by atoms with van der Waals surface area (Å²) < 4.78 is 39.4. The summed E-state index contributed by atoms with van der Waals surface area (Å²) >= 11 is 0. The van der Waals surface area contributed by atoms with Crippen LogP contribution in [0.3, 0.4) is 0 Å². The number of ether oxygens (including phenoxy) is 2. The fourth-order valence-electron chi connectivity index (χ4n) is 4.58. The van der Waals surface area contributed by atoms with Gasteiger partial charge in [-0.25, -0.2) is 8.42 Å². The zero-order valence-corrected chi connectivity index (χ0v) is 25.5. The highest BCUT2D eigenvalue weighted by Gasteiger charge is 2.35. The molecule has 2 amide bonds. The second-order valence-electron chi connectivity index (χ2n) is 10.7. The van der Waals surface area contributed by atoms with Crippen LogP contribution in [0.1, 0.15) is 37.0 Å². The number of nitrogens with one attached hydrogen (secondary N) is 1. The van der Waals surface area contributed by atoms with Crippen molar-refractivity contribution in [3.63, 3.8) is 0 Å². The molecule has 0 unspecified atom stereocenters. The van der Waals surface area contributed by atoms with E-state index in [4.69, 9.17) is 9.47 Å². The molecule has 12 heteroatoms. The second kappa shape index (κ2) is 14.1. The van der Waals surface area contributed by atoms with Crippen LogP contribution in [0, 0.1) is 5.92 Å². The third-order valence-electron chi connectivity index (χ3n) is 7.16. The number of carbonyl (C=O) groups excluding carboxylic acids is 2. The molecule has 0 radical (unpaired) electrons. The molecule has 0 aromatic heterocycles. The van der Waals surface area contributed by atoms with Crippen LogP contribution >= 0.6 is 0 Å². The van der Waals surface area contributed by atoms with Gasteiger partial charge in [0.1, 0.15) is 17.6 Å². The second-order valence-corrected chi connectivity index (χ2v) is 12.8. The quantitative estimate of drug-likeness (QED) is 0.386. The van der Waals surface area contributed by atoms with Gasteiger partial charge in [0.15, 0.2) is 0 Å². The molecule has 2 aromatic rings. The van der Waals surface area contributed by atoms with Gasteiger partial charge in [0, 0.05) is 31.6 Å². The van der Waals surface area contributed by atoms with Gasteiger partial charge in [0.05, 0.1) is 36.8 Å². The van der Waals surface area contributed by atoms with Crippen LogP contribution in [0.4, 0.5) is 5.69 Å². The Morgan fingerprint density at radius 2 is 1.88 bits per heavy atom. The van der Waals surface area contributed by atoms with Gasteiger partial charge in [0.2, 0.25) is 15.9 Å². The summed E-state index contributed by atoms with van der Waals surface area (Å²) in [6, 6.07) is 10.5. The summed E-state index contributed by atoms with van der Waals surface area (Å²) in [5.41, 5.74) is 0.686. The minimum absolute atomic E-state index is 0.0227. The highest BCUT2D eigenvalue weighted by atomic mass is 32.2. The molecule has 0 saturated carbocycles. The van der Waals surface area contributed by atoms with Gasteiger partial charge in [0.25, 0.3) is 5.91 Å². The van der Waals surface area contributed by atoms with Gasteiger partial charge in [-0.05, 0) is 76.4 Å². The first-order valence-corrected chi connectivity index (χ1v) is 15.1. The summed E-state index contributed by atoms with van der Waals surface area (Å²) in [7, 11) is 3.05. The molecule has 226 valence electrons. The molecule has 11 nitrogen and oxygen atoms in total. The van der Waals surface area contributed by atoms with Gasteiger partial charge in [-0.15, -0.1) is 0 Å². The van der Waals surface area contributed by atoms with Crippen molar-refractivity contribution in [1.82, 2.24) is 14.1 Å². The lowest BCUT2D eigenvalue weighted by Gasteiger charge is -2.38. The normalized spacial score (nSPS) is 18.4. The number of methoxy groups -OCH3 is 1. The van der Waals surface area contributed by atoms with Gasteiger partial charge in [-0.2, -0.15) is 4.31 Å². The van der Waals surface area contributed by atoms with E-state index in [1.54, 1.807) is 42.2 Å². The average Bonchev–Trinajstić information content (AvgIpc) is 2.94. The van der Waals surface area contributed by atoms with Crippen LogP contribution in [-0.2, 0) is 14.8 Å². The van der Waals surface area contributed by atoms with Crippen molar-refractivity contribution in [1.29, 1.82) is 0 Å². The van der Waals surface area contributed by atoms with Crippen molar-refractivity contribution in [3.8, 4) is 11.5 Å². The first kappa shape index (κ1) is 32.3. The van der Waals surface area contributed by atoms with Crippen LogP contribution in [0.15, 0.2) is 47.4 Å². The molecule has 0 saturated heterocycles.